The lowest BCUT2D eigenvalue weighted by molar-refractivity contribution is 0.0322. The van der Waals surface area contributed by atoms with E-state index in [-0.39, 0.29) is 6.10 Å². The molecule has 124 valence electrons. The predicted molar refractivity (Wildman–Crippen MR) is 90.9 cm³/mol. The van der Waals surface area contributed by atoms with Crippen LogP contribution in [-0.2, 0) is 15.7 Å². The molecule has 0 radical (unpaired) electrons. The molecule has 1 aliphatic heterocycles. The Morgan fingerprint density at radius 3 is 3.04 bits per heavy atom. The summed E-state index contributed by atoms with van der Waals surface area (Å²) in [5.41, 5.74) is 3.73. The van der Waals surface area contributed by atoms with Gasteiger partial charge in [0.1, 0.15) is 16.8 Å². The Morgan fingerprint density at radius 1 is 1.61 bits per heavy atom. The highest BCUT2D eigenvalue weighted by Crippen LogP contribution is 2.17. The number of rotatable bonds is 3. The zero-order valence-electron chi connectivity index (χ0n) is 13.0. The molecule has 1 heterocycles. The van der Waals surface area contributed by atoms with Gasteiger partial charge in [-0.25, -0.2) is 15.2 Å². The third-order valence-corrected chi connectivity index (χ3v) is 4.17. The Labute approximate surface area is 138 Å². The molecule has 0 aromatic heterocycles. The molecule has 0 bridgehead atoms. The van der Waals surface area contributed by atoms with Gasteiger partial charge < -0.3 is 15.5 Å². The summed E-state index contributed by atoms with van der Waals surface area (Å²) in [6.45, 7) is 2.36. The number of nitrogens with zero attached hydrogens (tertiary/aromatic N) is 1. The Hall–Kier alpha value is -1.76. The SMILES string of the molecule is CN=C(NN)c1c(C#CCC2CNCCO2)cccc1S(N)=O. The average Bonchev–Trinajstić information content (AvgIpc) is 2.57. The quantitative estimate of drug-likeness (QED) is 0.191. The molecule has 1 aliphatic rings. The lowest BCUT2D eigenvalue weighted by Crippen LogP contribution is -2.38. The molecule has 1 aromatic carbocycles. The van der Waals surface area contributed by atoms with Crippen molar-refractivity contribution in [2.45, 2.75) is 17.4 Å². The summed E-state index contributed by atoms with van der Waals surface area (Å²) >= 11 is 0. The van der Waals surface area contributed by atoms with Crippen molar-refractivity contribution in [2.75, 3.05) is 26.7 Å². The van der Waals surface area contributed by atoms with E-state index in [1.165, 1.54) is 0 Å². The van der Waals surface area contributed by atoms with Gasteiger partial charge in [0.15, 0.2) is 0 Å². The number of amidine groups is 1. The van der Waals surface area contributed by atoms with E-state index >= 15 is 0 Å². The van der Waals surface area contributed by atoms with Crippen molar-refractivity contribution >= 4 is 16.8 Å². The Bertz CT molecular complexity index is 660. The summed E-state index contributed by atoms with van der Waals surface area (Å²) < 4.78 is 17.4. The van der Waals surface area contributed by atoms with Crippen LogP contribution >= 0.6 is 0 Å². The highest BCUT2D eigenvalue weighted by atomic mass is 32.2. The van der Waals surface area contributed by atoms with Gasteiger partial charge in [-0.2, -0.15) is 0 Å². The summed E-state index contributed by atoms with van der Waals surface area (Å²) in [5, 5.41) is 8.81. The zero-order chi connectivity index (χ0) is 16.7. The van der Waals surface area contributed by atoms with Crippen molar-refractivity contribution in [3.8, 4) is 11.8 Å². The number of nitrogens with one attached hydrogen (secondary N) is 2. The molecule has 7 nitrogen and oxygen atoms in total. The highest BCUT2D eigenvalue weighted by Gasteiger charge is 2.16. The molecule has 2 rings (SSSR count). The van der Waals surface area contributed by atoms with Gasteiger partial charge in [0.05, 0.1) is 23.2 Å². The van der Waals surface area contributed by atoms with Crippen LogP contribution in [0.5, 0.6) is 0 Å². The van der Waals surface area contributed by atoms with Crippen molar-refractivity contribution in [1.82, 2.24) is 10.7 Å². The highest BCUT2D eigenvalue weighted by molar-refractivity contribution is 7.82. The number of nitrogens with two attached hydrogens (primary N) is 2. The van der Waals surface area contributed by atoms with E-state index in [0.29, 0.717) is 34.9 Å². The second-order valence-corrected chi connectivity index (χ2v) is 5.93. The summed E-state index contributed by atoms with van der Waals surface area (Å²) in [6, 6.07) is 5.25. The average molecular weight is 335 g/mol. The minimum Gasteiger partial charge on any atom is -0.375 e. The largest absolute Gasteiger partial charge is 0.375 e. The van der Waals surface area contributed by atoms with Crippen LogP contribution in [0.1, 0.15) is 17.5 Å². The summed E-state index contributed by atoms with van der Waals surface area (Å²) in [7, 11) is -0.0758. The van der Waals surface area contributed by atoms with Crippen LogP contribution in [0, 0.1) is 11.8 Å². The zero-order valence-corrected chi connectivity index (χ0v) is 13.8. The monoisotopic (exact) mass is 335 g/mol. The second kappa shape index (κ2) is 8.76. The van der Waals surface area contributed by atoms with Gasteiger partial charge in [-0.1, -0.05) is 17.9 Å². The van der Waals surface area contributed by atoms with Gasteiger partial charge in [-0.3, -0.25) is 4.99 Å². The second-order valence-electron chi connectivity index (χ2n) is 4.90. The molecule has 1 fully saturated rings. The maximum absolute atomic E-state index is 11.8. The number of morpholine rings is 1. The first-order chi connectivity index (χ1) is 11.2. The van der Waals surface area contributed by atoms with Crippen LogP contribution in [0.25, 0.3) is 0 Å². The van der Waals surface area contributed by atoms with Gasteiger partial charge in [0.25, 0.3) is 0 Å². The van der Waals surface area contributed by atoms with E-state index in [1.807, 2.05) is 6.07 Å². The van der Waals surface area contributed by atoms with Crippen LogP contribution < -0.4 is 21.7 Å². The van der Waals surface area contributed by atoms with Crippen molar-refractivity contribution in [1.29, 1.82) is 0 Å². The van der Waals surface area contributed by atoms with Crippen LogP contribution in [0.2, 0.25) is 0 Å². The maximum atomic E-state index is 11.8. The molecule has 0 spiro atoms. The maximum Gasteiger partial charge on any atom is 0.144 e. The minimum atomic E-state index is -1.66. The Kier molecular flexibility index (Phi) is 6.70. The van der Waals surface area contributed by atoms with Gasteiger partial charge >= 0.3 is 0 Å². The van der Waals surface area contributed by atoms with E-state index in [9.17, 15) is 4.21 Å². The smallest absolute Gasteiger partial charge is 0.144 e. The van der Waals surface area contributed by atoms with Crippen molar-refractivity contribution in [3.05, 3.63) is 29.3 Å². The number of hydrogen-bond donors (Lipinski definition) is 4. The van der Waals surface area contributed by atoms with Crippen molar-refractivity contribution in [3.63, 3.8) is 0 Å². The van der Waals surface area contributed by atoms with Gasteiger partial charge in [-0.05, 0) is 12.1 Å². The number of hydrogen-bond acceptors (Lipinski definition) is 5. The molecule has 0 aliphatic carbocycles. The minimum absolute atomic E-state index is 0.0819. The number of aliphatic imine (C=N–C) groups is 1. The Balaban J connectivity index is 2.30. The first-order valence-electron chi connectivity index (χ1n) is 7.21. The van der Waals surface area contributed by atoms with E-state index < -0.39 is 11.0 Å². The molecular formula is C15H21N5O2S. The number of ether oxygens (including phenoxy) is 1. The van der Waals surface area contributed by atoms with Crippen LogP contribution in [-0.4, -0.2) is 42.9 Å². The van der Waals surface area contributed by atoms with Gasteiger partial charge in [0.2, 0.25) is 0 Å². The third kappa shape index (κ3) is 4.60. The molecule has 8 heteroatoms. The Morgan fingerprint density at radius 2 is 2.43 bits per heavy atom. The van der Waals surface area contributed by atoms with E-state index in [4.69, 9.17) is 15.7 Å². The first-order valence-corrected chi connectivity index (χ1v) is 8.42. The van der Waals surface area contributed by atoms with Crippen LogP contribution in [0.4, 0.5) is 0 Å². The lowest BCUT2D eigenvalue weighted by Gasteiger charge is -2.21. The lowest BCUT2D eigenvalue weighted by atomic mass is 10.1. The predicted octanol–water partition coefficient (Wildman–Crippen LogP) is -0.762. The van der Waals surface area contributed by atoms with Crippen molar-refractivity contribution in [2.24, 2.45) is 16.0 Å². The molecular weight excluding hydrogens is 314 g/mol. The number of hydrazine groups is 1. The van der Waals surface area contributed by atoms with Gasteiger partial charge in [-0.15, -0.1) is 0 Å². The molecule has 0 saturated carbocycles. The van der Waals surface area contributed by atoms with E-state index in [0.717, 1.165) is 13.1 Å². The van der Waals surface area contributed by atoms with Gasteiger partial charge in [0, 0.05) is 32.1 Å². The standard InChI is InChI=1S/C15H21N5O2S/c1-18-15(20-16)14-11(5-3-7-13(14)23(17)21)4-2-6-12-10-19-8-9-22-12/h3,5,7,12,19H,6,8-10,16-17H2,1H3,(H,18,20). The van der Waals surface area contributed by atoms with Crippen LogP contribution in [0.3, 0.4) is 0 Å². The first kappa shape index (κ1) is 17.6. The molecule has 1 aromatic rings. The molecule has 2 atom stereocenters. The molecule has 0 amide bonds. The normalized spacial score (nSPS) is 19.6. The van der Waals surface area contributed by atoms with E-state index in [1.54, 1.807) is 19.2 Å². The molecule has 2 unspecified atom stereocenters. The topological polar surface area (TPSA) is 115 Å². The van der Waals surface area contributed by atoms with E-state index in [2.05, 4.69) is 27.6 Å². The van der Waals surface area contributed by atoms with Crippen LogP contribution in [0.15, 0.2) is 28.1 Å². The summed E-state index contributed by atoms with van der Waals surface area (Å²) in [5.74, 6) is 12.1. The molecule has 1 saturated heterocycles. The summed E-state index contributed by atoms with van der Waals surface area (Å²) in [6.07, 6.45) is 0.690. The molecule has 23 heavy (non-hydrogen) atoms. The molecule has 6 N–H and O–H groups in total. The fourth-order valence-electron chi connectivity index (χ4n) is 2.31. The number of benzene rings is 1. The summed E-state index contributed by atoms with van der Waals surface area (Å²) in [4.78, 5) is 4.50. The third-order valence-electron chi connectivity index (χ3n) is 3.40. The van der Waals surface area contributed by atoms with Crippen molar-refractivity contribution < 1.29 is 8.95 Å². The fourth-order valence-corrected chi connectivity index (χ4v) is 2.93. The fraction of sp³-hybridized carbons (Fsp3) is 0.400.